The molecule has 0 atom stereocenters. The lowest BCUT2D eigenvalue weighted by molar-refractivity contribution is 0.0644. The first-order chi connectivity index (χ1) is 8.38. The van der Waals surface area contributed by atoms with Crippen LogP contribution in [0.2, 0.25) is 0 Å². The predicted octanol–water partition coefficient (Wildman–Crippen LogP) is 1.10. The minimum absolute atomic E-state index is 0.701. The normalized spacial score (nSPS) is 24.6. The summed E-state index contributed by atoms with van der Waals surface area (Å²) in [6.07, 6.45) is 10.3. The number of piperidine rings is 1. The molecule has 2 heterocycles. The topological polar surface area (TPSA) is 24.5 Å². The third-order valence-corrected chi connectivity index (χ3v) is 3.94. The first-order valence-corrected chi connectivity index (χ1v) is 6.85. The summed E-state index contributed by atoms with van der Waals surface area (Å²) in [7, 11) is 0. The van der Waals surface area contributed by atoms with Crippen LogP contribution in [0.5, 0.6) is 0 Å². The Morgan fingerprint density at radius 3 is 2.53 bits per heavy atom. The average molecular weight is 236 g/mol. The van der Waals surface area contributed by atoms with Gasteiger partial charge in [-0.05, 0) is 38.1 Å². The molecule has 0 unspecified atom stereocenters. The van der Waals surface area contributed by atoms with Crippen molar-refractivity contribution in [2.24, 2.45) is 5.92 Å². The van der Waals surface area contributed by atoms with Crippen molar-refractivity contribution in [2.75, 3.05) is 39.4 Å². The van der Waals surface area contributed by atoms with Crippen LogP contribution in [0.1, 0.15) is 25.7 Å². The summed E-state index contributed by atoms with van der Waals surface area (Å²) in [5.41, 5.74) is 0. The van der Waals surface area contributed by atoms with Gasteiger partial charge in [0, 0.05) is 32.3 Å². The molecule has 2 aliphatic heterocycles. The first-order valence-electron chi connectivity index (χ1n) is 6.85. The molecule has 0 aliphatic carbocycles. The van der Waals surface area contributed by atoms with Crippen molar-refractivity contribution in [3.63, 3.8) is 0 Å². The molecule has 1 N–H and O–H groups in total. The minimum atomic E-state index is 0.701. The smallest absolute Gasteiger partial charge is 0.0598 e. The maximum Gasteiger partial charge on any atom is 0.0598 e. The highest BCUT2D eigenvalue weighted by Crippen LogP contribution is 2.15. The van der Waals surface area contributed by atoms with Gasteiger partial charge in [0.1, 0.15) is 0 Å². The maximum atomic E-state index is 5.38. The molecule has 2 rings (SSSR count). The highest BCUT2D eigenvalue weighted by Gasteiger charge is 2.20. The van der Waals surface area contributed by atoms with Crippen LogP contribution in [-0.4, -0.2) is 50.3 Å². The fraction of sp³-hybridized carbons (Fsp3) is 0.857. The lowest BCUT2D eigenvalue weighted by Crippen LogP contribution is -2.44. The number of nitrogens with zero attached hydrogens (tertiary/aromatic N) is 1. The molecule has 0 amide bonds. The van der Waals surface area contributed by atoms with E-state index in [1.165, 1.54) is 32.2 Å². The summed E-state index contributed by atoms with van der Waals surface area (Å²) < 4.78 is 5.38. The predicted molar refractivity (Wildman–Crippen MR) is 69.8 cm³/mol. The molecule has 3 nitrogen and oxygen atoms in total. The third kappa shape index (κ3) is 4.31. The van der Waals surface area contributed by atoms with Crippen LogP contribution in [0, 0.1) is 18.3 Å². The Bertz CT molecular complexity index is 247. The lowest BCUT2D eigenvalue weighted by atomic mass is 9.98. The number of hydrogen-bond donors (Lipinski definition) is 1. The Morgan fingerprint density at radius 2 is 1.88 bits per heavy atom. The fourth-order valence-corrected chi connectivity index (χ4v) is 2.71. The Balaban J connectivity index is 1.59. The van der Waals surface area contributed by atoms with E-state index in [1.54, 1.807) is 0 Å². The van der Waals surface area contributed by atoms with Crippen molar-refractivity contribution in [2.45, 2.75) is 31.7 Å². The van der Waals surface area contributed by atoms with Gasteiger partial charge in [0.2, 0.25) is 0 Å². The number of hydrogen-bond acceptors (Lipinski definition) is 3. The summed E-state index contributed by atoms with van der Waals surface area (Å²) >= 11 is 0. The van der Waals surface area contributed by atoms with Crippen molar-refractivity contribution in [3.8, 4) is 12.3 Å². The fourth-order valence-electron chi connectivity index (χ4n) is 2.71. The Kier molecular flexibility index (Phi) is 5.31. The van der Waals surface area contributed by atoms with Gasteiger partial charge in [-0.25, -0.2) is 0 Å². The third-order valence-electron chi connectivity index (χ3n) is 3.94. The summed E-state index contributed by atoms with van der Waals surface area (Å²) in [5, 5.41) is 3.72. The first kappa shape index (κ1) is 12.9. The second-order valence-corrected chi connectivity index (χ2v) is 5.22. The molecular formula is C14H24N2O. The molecule has 0 spiro atoms. The molecule has 0 aromatic carbocycles. The van der Waals surface area contributed by atoms with Gasteiger partial charge in [-0.3, -0.25) is 4.90 Å². The van der Waals surface area contributed by atoms with Gasteiger partial charge < -0.3 is 10.1 Å². The Labute approximate surface area is 105 Å². The van der Waals surface area contributed by atoms with E-state index in [9.17, 15) is 0 Å². The van der Waals surface area contributed by atoms with Gasteiger partial charge in [0.05, 0.1) is 6.54 Å². The van der Waals surface area contributed by atoms with E-state index in [1.807, 2.05) is 0 Å². The molecule has 0 saturated carbocycles. The quantitative estimate of drug-likeness (QED) is 0.740. The monoisotopic (exact) mass is 236 g/mol. The van der Waals surface area contributed by atoms with E-state index in [4.69, 9.17) is 11.2 Å². The van der Waals surface area contributed by atoms with E-state index >= 15 is 0 Å². The molecule has 3 heteroatoms. The zero-order valence-corrected chi connectivity index (χ0v) is 10.7. The molecule has 2 saturated heterocycles. The molecule has 2 fully saturated rings. The molecule has 17 heavy (non-hydrogen) atoms. The van der Waals surface area contributed by atoms with Crippen molar-refractivity contribution >= 4 is 0 Å². The van der Waals surface area contributed by atoms with E-state index in [-0.39, 0.29) is 0 Å². The maximum absolute atomic E-state index is 5.38. The zero-order chi connectivity index (χ0) is 11.9. The number of nitrogens with one attached hydrogen (secondary N) is 1. The van der Waals surface area contributed by atoms with Crippen LogP contribution in [0.3, 0.4) is 0 Å². The second kappa shape index (κ2) is 7.00. The summed E-state index contributed by atoms with van der Waals surface area (Å²) in [5.74, 6) is 3.55. The summed E-state index contributed by atoms with van der Waals surface area (Å²) in [6, 6.07) is 0.701. The van der Waals surface area contributed by atoms with Crippen LogP contribution in [0.4, 0.5) is 0 Å². The minimum Gasteiger partial charge on any atom is -0.381 e. The average Bonchev–Trinajstić information content (AvgIpc) is 2.40. The van der Waals surface area contributed by atoms with Gasteiger partial charge in [0.25, 0.3) is 0 Å². The second-order valence-electron chi connectivity index (χ2n) is 5.22. The molecule has 2 aliphatic rings. The van der Waals surface area contributed by atoms with Crippen molar-refractivity contribution in [1.82, 2.24) is 10.2 Å². The van der Waals surface area contributed by atoms with Gasteiger partial charge in [-0.15, -0.1) is 6.42 Å². The van der Waals surface area contributed by atoms with Gasteiger partial charge in [-0.2, -0.15) is 0 Å². The van der Waals surface area contributed by atoms with E-state index in [0.717, 1.165) is 38.8 Å². The SMILES string of the molecule is C#CCN1CCC(NCC2CCOCC2)CC1. The lowest BCUT2D eigenvalue weighted by Gasteiger charge is -2.32. The molecule has 0 radical (unpaired) electrons. The molecule has 96 valence electrons. The van der Waals surface area contributed by atoms with Crippen molar-refractivity contribution in [1.29, 1.82) is 0 Å². The van der Waals surface area contributed by atoms with Crippen LogP contribution in [0.15, 0.2) is 0 Å². The Hall–Kier alpha value is -0.560. The number of rotatable bonds is 4. The molecule has 0 aromatic heterocycles. The zero-order valence-electron chi connectivity index (χ0n) is 10.7. The van der Waals surface area contributed by atoms with Crippen molar-refractivity contribution in [3.05, 3.63) is 0 Å². The Morgan fingerprint density at radius 1 is 1.18 bits per heavy atom. The van der Waals surface area contributed by atoms with E-state index in [2.05, 4.69) is 16.1 Å². The van der Waals surface area contributed by atoms with Gasteiger partial charge in [0.15, 0.2) is 0 Å². The number of ether oxygens (including phenoxy) is 1. The molecule has 0 aromatic rings. The largest absolute Gasteiger partial charge is 0.381 e. The van der Waals surface area contributed by atoms with Crippen LogP contribution >= 0.6 is 0 Å². The molecular weight excluding hydrogens is 212 g/mol. The number of terminal acetylenes is 1. The van der Waals surface area contributed by atoms with Crippen LogP contribution in [0.25, 0.3) is 0 Å². The van der Waals surface area contributed by atoms with Crippen LogP contribution in [-0.2, 0) is 4.74 Å². The highest BCUT2D eigenvalue weighted by molar-refractivity contribution is 4.90. The van der Waals surface area contributed by atoms with Crippen LogP contribution < -0.4 is 5.32 Å². The van der Waals surface area contributed by atoms with Gasteiger partial charge in [-0.1, -0.05) is 5.92 Å². The van der Waals surface area contributed by atoms with Gasteiger partial charge >= 0.3 is 0 Å². The molecule has 0 bridgehead atoms. The number of likely N-dealkylation sites (tertiary alicyclic amines) is 1. The van der Waals surface area contributed by atoms with Crippen molar-refractivity contribution < 1.29 is 4.74 Å². The van der Waals surface area contributed by atoms with E-state index < -0.39 is 0 Å². The highest BCUT2D eigenvalue weighted by atomic mass is 16.5. The summed E-state index contributed by atoms with van der Waals surface area (Å²) in [4.78, 5) is 2.37. The summed E-state index contributed by atoms with van der Waals surface area (Å²) in [6.45, 7) is 6.18. The standard InChI is InChI=1S/C14H24N2O/c1-2-7-16-8-3-14(4-9-16)15-12-13-5-10-17-11-6-13/h1,13-15H,3-12H2. The van der Waals surface area contributed by atoms with E-state index in [0.29, 0.717) is 6.04 Å².